The molecule has 3 fully saturated rings. The number of carbonyl (C=O) groups excluding carboxylic acids is 2. The summed E-state index contributed by atoms with van der Waals surface area (Å²) in [5, 5.41) is 6.87. The van der Waals surface area contributed by atoms with Gasteiger partial charge in [-0.25, -0.2) is 14.3 Å². The number of pyridine rings is 1. The highest BCUT2D eigenvalue weighted by Gasteiger charge is 2.44. The van der Waals surface area contributed by atoms with Crippen LogP contribution >= 0.6 is 0 Å². The lowest BCUT2D eigenvalue weighted by molar-refractivity contribution is 0.0573. The van der Waals surface area contributed by atoms with Gasteiger partial charge in [-0.3, -0.25) is 9.69 Å². The van der Waals surface area contributed by atoms with Gasteiger partial charge in [0.2, 0.25) is 0 Å². The lowest BCUT2D eigenvalue weighted by Crippen LogP contribution is -2.63. The van der Waals surface area contributed by atoms with Crippen molar-refractivity contribution < 1.29 is 9.59 Å². The van der Waals surface area contributed by atoms with Crippen LogP contribution in [0.5, 0.6) is 0 Å². The normalized spacial score (nSPS) is 20.8. The van der Waals surface area contributed by atoms with E-state index in [0.29, 0.717) is 30.3 Å². The minimum absolute atomic E-state index is 0.0242. The molecular formula is C29H41N6O2+. The molecule has 0 bridgehead atoms. The summed E-state index contributed by atoms with van der Waals surface area (Å²) in [6, 6.07) is 12.1. The molecule has 1 aromatic carbocycles. The first-order valence-electron chi connectivity index (χ1n) is 14.0. The number of carbonyl (C=O) groups is 2. The highest BCUT2D eigenvalue weighted by Crippen LogP contribution is 2.33. The molecule has 0 atom stereocenters. The van der Waals surface area contributed by atoms with Gasteiger partial charge in [0, 0.05) is 63.1 Å². The zero-order valence-corrected chi connectivity index (χ0v) is 22.3. The molecule has 8 nitrogen and oxygen atoms in total. The van der Waals surface area contributed by atoms with Gasteiger partial charge in [-0.1, -0.05) is 12.8 Å². The molecule has 1 aromatic heterocycles. The van der Waals surface area contributed by atoms with Gasteiger partial charge in [0.05, 0.1) is 5.56 Å². The van der Waals surface area contributed by atoms with Crippen LogP contribution in [0, 0.1) is 0 Å². The fourth-order valence-electron chi connectivity index (χ4n) is 6.19. The number of hydrogen-bond donors (Lipinski definition) is 2. The maximum absolute atomic E-state index is 14.1. The summed E-state index contributed by atoms with van der Waals surface area (Å²) in [5.74, 6) is 0.850. The Kier molecular flexibility index (Phi) is 7.88. The van der Waals surface area contributed by atoms with Crippen LogP contribution in [0.15, 0.2) is 42.6 Å². The lowest BCUT2D eigenvalue weighted by atomic mass is 10.1. The molecule has 2 saturated heterocycles. The maximum atomic E-state index is 14.1. The van der Waals surface area contributed by atoms with Crippen LogP contribution in [0.2, 0.25) is 0 Å². The molecule has 1 aliphatic carbocycles. The highest BCUT2D eigenvalue weighted by molar-refractivity contribution is 6.04. The smallest absolute Gasteiger partial charge is 0.352 e. The van der Waals surface area contributed by atoms with Crippen LogP contribution < -0.4 is 15.1 Å². The Labute approximate surface area is 220 Å². The second-order valence-electron chi connectivity index (χ2n) is 11.0. The molecule has 2 amide bonds. The van der Waals surface area contributed by atoms with E-state index < -0.39 is 0 Å². The molecule has 1 saturated carbocycles. The van der Waals surface area contributed by atoms with Gasteiger partial charge < -0.3 is 15.5 Å². The Morgan fingerprint density at radius 1 is 0.973 bits per heavy atom. The van der Waals surface area contributed by atoms with Crippen molar-refractivity contribution in [2.24, 2.45) is 0 Å². The summed E-state index contributed by atoms with van der Waals surface area (Å²) in [6.45, 7) is 10.4. The summed E-state index contributed by atoms with van der Waals surface area (Å²) in [7, 11) is 0. The number of amides is 2. The van der Waals surface area contributed by atoms with Crippen molar-refractivity contribution in [1.29, 1.82) is 0 Å². The Balaban J connectivity index is 1.32. The Morgan fingerprint density at radius 3 is 2.27 bits per heavy atom. The van der Waals surface area contributed by atoms with Gasteiger partial charge in [0.25, 0.3) is 11.7 Å². The Bertz CT molecular complexity index is 1080. The van der Waals surface area contributed by atoms with E-state index in [0.717, 1.165) is 50.8 Å². The van der Waals surface area contributed by atoms with Crippen LogP contribution in [0.25, 0.3) is 0 Å². The minimum atomic E-state index is 0.0242. The minimum Gasteiger partial charge on any atom is -0.377 e. The first-order chi connectivity index (χ1) is 18.0. The predicted molar refractivity (Wildman–Crippen MR) is 148 cm³/mol. The number of nitrogens with zero attached hydrogens (tertiary/aromatic N) is 4. The number of piperazine rings is 2. The van der Waals surface area contributed by atoms with Crippen molar-refractivity contribution in [3.8, 4) is 0 Å². The zero-order chi connectivity index (χ0) is 25.8. The largest absolute Gasteiger partial charge is 0.377 e. The number of aromatic nitrogens is 1. The molecule has 8 heteroatoms. The summed E-state index contributed by atoms with van der Waals surface area (Å²) in [5.41, 5.74) is 2.17. The maximum Gasteiger partial charge on any atom is 0.352 e. The summed E-state index contributed by atoms with van der Waals surface area (Å²) in [4.78, 5) is 36.6. The quantitative estimate of drug-likeness (QED) is 0.587. The van der Waals surface area contributed by atoms with E-state index in [2.05, 4.69) is 29.4 Å². The van der Waals surface area contributed by atoms with Crippen molar-refractivity contribution in [2.45, 2.75) is 51.6 Å². The van der Waals surface area contributed by atoms with Crippen molar-refractivity contribution >= 4 is 23.3 Å². The average molecular weight is 506 g/mol. The number of anilines is 1. The topological polar surface area (TPSA) is 77.6 Å². The molecule has 0 spiro atoms. The van der Waals surface area contributed by atoms with Crippen LogP contribution in [0.4, 0.5) is 11.5 Å². The lowest BCUT2D eigenvalue weighted by Gasteiger charge is -2.38. The number of quaternary nitrogens is 1. The standard InChI is InChI=1S/C29H41N6O2/c1-22(2)32-26-8-5-13-31-27(26)35(20-14-30-15-21-35)29(37)24-11-9-23(10-12-24)28(36)34-18-16-33(17-19-34)25-6-3-4-7-25/h5,8-13,22,25,30,32H,3-4,6-7,14-21H2,1-2H3/q+1. The van der Waals surface area contributed by atoms with Crippen molar-refractivity contribution in [2.75, 3.05) is 57.7 Å². The third kappa shape index (κ3) is 5.42. The molecule has 198 valence electrons. The van der Waals surface area contributed by atoms with E-state index in [1.54, 1.807) is 6.20 Å². The first kappa shape index (κ1) is 25.8. The van der Waals surface area contributed by atoms with E-state index in [1.807, 2.05) is 41.3 Å². The van der Waals surface area contributed by atoms with Gasteiger partial charge in [0.15, 0.2) is 0 Å². The third-order valence-corrected chi connectivity index (χ3v) is 8.19. The van der Waals surface area contributed by atoms with E-state index in [1.165, 1.54) is 25.7 Å². The first-order valence-corrected chi connectivity index (χ1v) is 14.0. The molecule has 5 rings (SSSR count). The van der Waals surface area contributed by atoms with Crippen molar-refractivity contribution in [3.63, 3.8) is 0 Å². The highest BCUT2D eigenvalue weighted by atomic mass is 16.2. The average Bonchev–Trinajstić information content (AvgIpc) is 3.48. The Hall–Kier alpha value is -2.81. The third-order valence-electron chi connectivity index (χ3n) is 8.19. The number of nitrogens with one attached hydrogen (secondary N) is 2. The molecule has 0 unspecified atom stereocenters. The van der Waals surface area contributed by atoms with Gasteiger partial charge in [-0.05, 0) is 63.1 Å². The van der Waals surface area contributed by atoms with Crippen LogP contribution in [-0.2, 0) is 0 Å². The van der Waals surface area contributed by atoms with Crippen molar-refractivity contribution in [3.05, 3.63) is 53.7 Å². The van der Waals surface area contributed by atoms with Crippen LogP contribution in [0.1, 0.15) is 60.2 Å². The van der Waals surface area contributed by atoms with Crippen LogP contribution in [0.3, 0.4) is 0 Å². The molecule has 2 aliphatic heterocycles. The van der Waals surface area contributed by atoms with E-state index in [-0.39, 0.29) is 22.3 Å². The number of rotatable bonds is 6. The van der Waals surface area contributed by atoms with E-state index in [4.69, 9.17) is 4.98 Å². The fourth-order valence-corrected chi connectivity index (χ4v) is 6.19. The monoisotopic (exact) mass is 505 g/mol. The zero-order valence-electron chi connectivity index (χ0n) is 22.3. The second-order valence-corrected chi connectivity index (χ2v) is 11.0. The number of benzene rings is 1. The second kappa shape index (κ2) is 11.3. The van der Waals surface area contributed by atoms with E-state index in [9.17, 15) is 9.59 Å². The molecule has 3 heterocycles. The van der Waals surface area contributed by atoms with Gasteiger partial charge in [-0.15, -0.1) is 0 Å². The Morgan fingerprint density at radius 2 is 1.62 bits per heavy atom. The molecule has 37 heavy (non-hydrogen) atoms. The molecular weight excluding hydrogens is 464 g/mol. The fraction of sp³-hybridized carbons (Fsp3) is 0.552. The molecule has 3 aliphatic rings. The van der Waals surface area contributed by atoms with E-state index >= 15 is 0 Å². The van der Waals surface area contributed by atoms with Gasteiger partial charge in [-0.2, -0.15) is 0 Å². The SMILES string of the molecule is CC(C)Nc1cccnc1[N+]1(C(=O)c2ccc(C(=O)N3CCN(C4CCCC4)CC3)cc2)CCNCC1. The predicted octanol–water partition coefficient (Wildman–Crippen LogP) is 3.35. The van der Waals surface area contributed by atoms with Crippen molar-refractivity contribution in [1.82, 2.24) is 24.6 Å². The molecule has 2 aromatic rings. The van der Waals surface area contributed by atoms with Crippen LogP contribution in [-0.4, -0.2) is 91.0 Å². The molecule has 0 radical (unpaired) electrons. The summed E-state index contributed by atoms with van der Waals surface area (Å²) in [6.07, 6.45) is 7.03. The summed E-state index contributed by atoms with van der Waals surface area (Å²) >= 11 is 0. The summed E-state index contributed by atoms with van der Waals surface area (Å²) < 4.78 is 0.166. The van der Waals surface area contributed by atoms with Gasteiger partial charge in [0.1, 0.15) is 18.8 Å². The number of hydrogen-bond acceptors (Lipinski definition) is 6. The van der Waals surface area contributed by atoms with Gasteiger partial charge >= 0.3 is 5.91 Å². The molecule has 2 N–H and O–H groups in total.